The number of aromatic nitrogens is 2. The number of nitrogens with zero attached hydrogens (tertiary/aromatic N) is 1. The Balaban J connectivity index is 2.11. The van der Waals surface area contributed by atoms with Gasteiger partial charge in [-0.2, -0.15) is 0 Å². The van der Waals surface area contributed by atoms with Crippen LogP contribution in [0, 0.1) is 0 Å². The molecule has 0 aromatic carbocycles. The molecule has 6 heteroatoms. The summed E-state index contributed by atoms with van der Waals surface area (Å²) in [5.74, 6) is 1.61. The van der Waals surface area contributed by atoms with Crippen LogP contribution in [-0.4, -0.2) is 41.4 Å². The third-order valence-electron chi connectivity index (χ3n) is 2.66. The maximum absolute atomic E-state index is 11.4. The summed E-state index contributed by atoms with van der Waals surface area (Å²) in [6.07, 6.45) is 2.15. The van der Waals surface area contributed by atoms with E-state index < -0.39 is 0 Å². The first-order valence-corrected chi connectivity index (χ1v) is 5.70. The van der Waals surface area contributed by atoms with Crippen molar-refractivity contribution in [2.75, 3.05) is 25.6 Å². The van der Waals surface area contributed by atoms with E-state index in [1.165, 1.54) is 6.07 Å². The minimum Gasteiger partial charge on any atom is -0.394 e. The Labute approximate surface area is 99.0 Å². The molecule has 1 heterocycles. The summed E-state index contributed by atoms with van der Waals surface area (Å²) >= 11 is 0. The first kappa shape index (κ1) is 12.1. The normalized spacial score (nSPS) is 16.8. The average molecular weight is 239 g/mol. The molecule has 0 aliphatic heterocycles. The van der Waals surface area contributed by atoms with E-state index >= 15 is 0 Å². The van der Waals surface area contributed by atoms with Crippen LogP contribution >= 0.6 is 0 Å². The summed E-state index contributed by atoms with van der Waals surface area (Å²) in [7, 11) is 1.56. The van der Waals surface area contributed by atoms with Crippen molar-refractivity contribution in [3.8, 4) is 0 Å². The second-order valence-corrected chi connectivity index (χ2v) is 4.27. The summed E-state index contributed by atoms with van der Waals surface area (Å²) in [6, 6.07) is 1.14. The second-order valence-electron chi connectivity index (χ2n) is 4.27. The van der Waals surface area contributed by atoms with Crippen LogP contribution in [0.25, 0.3) is 0 Å². The number of aliphatic hydroxyl groups is 1. The van der Waals surface area contributed by atoms with Gasteiger partial charge in [0, 0.05) is 19.1 Å². The van der Waals surface area contributed by atoms with E-state index in [4.69, 9.17) is 9.84 Å². The van der Waals surface area contributed by atoms with Crippen molar-refractivity contribution < 1.29 is 9.84 Å². The Morgan fingerprint density at radius 2 is 2.47 bits per heavy atom. The number of anilines is 1. The Bertz CT molecular complexity index is 428. The fourth-order valence-corrected chi connectivity index (χ4v) is 1.65. The van der Waals surface area contributed by atoms with Gasteiger partial charge in [-0.1, -0.05) is 0 Å². The molecule has 0 amide bonds. The number of rotatable bonds is 6. The molecule has 0 spiro atoms. The lowest BCUT2D eigenvalue weighted by Crippen LogP contribution is -2.30. The molecule has 0 bridgehead atoms. The number of nitrogens with one attached hydrogen (secondary N) is 2. The fraction of sp³-hybridized carbons (Fsp3) is 0.636. The zero-order valence-corrected chi connectivity index (χ0v) is 9.77. The lowest BCUT2D eigenvalue weighted by Gasteiger charge is -2.15. The molecule has 1 unspecified atom stereocenters. The van der Waals surface area contributed by atoms with Crippen LogP contribution in [0.1, 0.15) is 24.6 Å². The topological polar surface area (TPSA) is 87.2 Å². The zero-order chi connectivity index (χ0) is 12.3. The predicted octanol–water partition coefficient (Wildman–Crippen LogP) is 0.0665. The molecule has 1 aliphatic carbocycles. The predicted molar refractivity (Wildman–Crippen MR) is 63.2 cm³/mol. The quantitative estimate of drug-likeness (QED) is 0.653. The Kier molecular flexibility index (Phi) is 3.75. The van der Waals surface area contributed by atoms with Gasteiger partial charge in [0.2, 0.25) is 0 Å². The largest absolute Gasteiger partial charge is 0.394 e. The highest BCUT2D eigenvalue weighted by Crippen LogP contribution is 2.37. The molecular formula is C11H17N3O3. The van der Waals surface area contributed by atoms with Crippen molar-refractivity contribution >= 4 is 5.82 Å². The number of hydrogen-bond acceptors (Lipinski definition) is 5. The van der Waals surface area contributed by atoms with Gasteiger partial charge in [-0.05, 0) is 12.8 Å². The Morgan fingerprint density at radius 1 is 1.71 bits per heavy atom. The number of ether oxygens (including phenoxy) is 1. The van der Waals surface area contributed by atoms with Crippen LogP contribution < -0.4 is 10.9 Å². The van der Waals surface area contributed by atoms with E-state index in [2.05, 4.69) is 15.3 Å². The molecule has 1 aromatic rings. The minimum atomic E-state index is -0.249. The molecule has 1 aromatic heterocycles. The standard InChI is InChI=1S/C11H17N3O3/c1-17-6-8(5-15)12-9-4-10(16)14-11(13-9)7-2-3-7/h4,7-8,15H,2-3,5-6H2,1H3,(H2,12,13,14,16). The summed E-state index contributed by atoms with van der Waals surface area (Å²) < 4.78 is 4.95. The van der Waals surface area contributed by atoms with Crippen LogP contribution in [0.2, 0.25) is 0 Å². The van der Waals surface area contributed by atoms with Gasteiger partial charge in [-0.15, -0.1) is 0 Å². The highest BCUT2D eigenvalue weighted by atomic mass is 16.5. The first-order valence-electron chi connectivity index (χ1n) is 5.70. The molecule has 1 fully saturated rings. The van der Waals surface area contributed by atoms with Crippen LogP contribution in [0.4, 0.5) is 5.82 Å². The minimum absolute atomic E-state index is 0.0684. The van der Waals surface area contributed by atoms with E-state index in [0.29, 0.717) is 18.3 Å². The van der Waals surface area contributed by atoms with Gasteiger partial charge < -0.3 is 20.1 Å². The SMILES string of the molecule is COCC(CO)Nc1cc(=O)[nH]c(C2CC2)n1. The van der Waals surface area contributed by atoms with Gasteiger partial charge in [0.25, 0.3) is 5.56 Å². The van der Waals surface area contributed by atoms with Crippen LogP contribution in [0.5, 0.6) is 0 Å². The summed E-state index contributed by atoms with van der Waals surface area (Å²) in [4.78, 5) is 18.5. The molecule has 1 aliphatic rings. The summed E-state index contributed by atoms with van der Waals surface area (Å²) in [6.45, 7) is 0.296. The van der Waals surface area contributed by atoms with E-state index in [9.17, 15) is 4.79 Å². The van der Waals surface area contributed by atoms with Crippen LogP contribution in [0.3, 0.4) is 0 Å². The van der Waals surface area contributed by atoms with Crippen molar-refractivity contribution in [3.63, 3.8) is 0 Å². The van der Waals surface area contributed by atoms with Crippen molar-refractivity contribution in [2.45, 2.75) is 24.8 Å². The first-order chi connectivity index (χ1) is 8.22. The van der Waals surface area contributed by atoms with Gasteiger partial charge in [0.15, 0.2) is 0 Å². The number of aliphatic hydroxyl groups excluding tert-OH is 1. The third kappa shape index (κ3) is 3.28. The lowest BCUT2D eigenvalue weighted by atomic mass is 10.3. The van der Waals surface area contributed by atoms with Gasteiger partial charge in [0.1, 0.15) is 11.6 Å². The molecule has 1 saturated carbocycles. The number of hydrogen-bond donors (Lipinski definition) is 3. The van der Waals surface area contributed by atoms with E-state index in [1.807, 2.05) is 0 Å². The molecule has 6 nitrogen and oxygen atoms in total. The maximum atomic E-state index is 11.4. The van der Waals surface area contributed by atoms with Crippen LogP contribution in [0.15, 0.2) is 10.9 Å². The highest BCUT2D eigenvalue weighted by Gasteiger charge is 2.26. The van der Waals surface area contributed by atoms with Crippen molar-refractivity contribution in [1.82, 2.24) is 9.97 Å². The monoisotopic (exact) mass is 239 g/mol. The molecule has 1 atom stereocenters. The molecule has 0 saturated heterocycles. The van der Waals surface area contributed by atoms with Crippen molar-refractivity contribution in [2.24, 2.45) is 0 Å². The van der Waals surface area contributed by atoms with Crippen LogP contribution in [-0.2, 0) is 4.74 Å². The summed E-state index contributed by atoms with van der Waals surface area (Å²) in [5, 5.41) is 12.1. The van der Waals surface area contributed by atoms with E-state index in [-0.39, 0.29) is 18.2 Å². The molecule has 17 heavy (non-hydrogen) atoms. The fourth-order valence-electron chi connectivity index (χ4n) is 1.65. The van der Waals surface area contributed by atoms with Gasteiger partial charge >= 0.3 is 0 Å². The molecule has 94 valence electrons. The molecule has 2 rings (SSSR count). The summed E-state index contributed by atoms with van der Waals surface area (Å²) in [5.41, 5.74) is -0.168. The molecular weight excluding hydrogens is 222 g/mol. The van der Waals surface area contributed by atoms with Gasteiger partial charge in [0.05, 0.1) is 19.3 Å². The maximum Gasteiger partial charge on any atom is 0.252 e. The number of H-pyrrole nitrogens is 1. The molecule has 3 N–H and O–H groups in total. The van der Waals surface area contributed by atoms with Crippen molar-refractivity contribution in [1.29, 1.82) is 0 Å². The second kappa shape index (κ2) is 5.29. The van der Waals surface area contributed by atoms with Gasteiger partial charge in [-0.25, -0.2) is 4.98 Å². The third-order valence-corrected chi connectivity index (χ3v) is 2.66. The van der Waals surface area contributed by atoms with E-state index in [1.54, 1.807) is 7.11 Å². The number of methoxy groups -OCH3 is 1. The Hall–Kier alpha value is -1.40. The van der Waals surface area contributed by atoms with Crippen molar-refractivity contribution in [3.05, 3.63) is 22.2 Å². The average Bonchev–Trinajstić information content (AvgIpc) is 3.11. The van der Waals surface area contributed by atoms with E-state index in [0.717, 1.165) is 18.7 Å². The Morgan fingerprint density at radius 3 is 3.06 bits per heavy atom. The highest BCUT2D eigenvalue weighted by molar-refractivity contribution is 5.35. The molecule has 0 radical (unpaired) electrons. The number of aromatic amines is 1. The zero-order valence-electron chi connectivity index (χ0n) is 9.77. The smallest absolute Gasteiger partial charge is 0.252 e. The lowest BCUT2D eigenvalue weighted by molar-refractivity contribution is 0.153. The van der Waals surface area contributed by atoms with Gasteiger partial charge in [-0.3, -0.25) is 4.79 Å².